The molecule has 0 aliphatic carbocycles. The van der Waals surface area contributed by atoms with Crippen LogP contribution in [0.2, 0.25) is 0 Å². The van der Waals surface area contributed by atoms with Gasteiger partial charge in [-0.3, -0.25) is 4.57 Å². The second-order valence-corrected chi connectivity index (χ2v) is 4.69. The Morgan fingerprint density at radius 1 is 1.29 bits per heavy atom. The van der Waals surface area contributed by atoms with Crippen LogP contribution in [-0.2, 0) is 0 Å². The lowest BCUT2D eigenvalue weighted by molar-refractivity contribution is 0.970. The number of pyridine rings is 1. The monoisotopic (exact) mass is 412 g/mol. The molecule has 0 fully saturated rings. The molecule has 0 unspecified atom stereocenters. The van der Waals surface area contributed by atoms with Crippen molar-refractivity contribution in [1.29, 1.82) is 0 Å². The minimum Gasteiger partial charge on any atom is -0.399 e. The fourth-order valence-electron chi connectivity index (χ4n) is 1.04. The first kappa shape index (κ1) is 10.1. The molecule has 2 heterocycles. The highest BCUT2D eigenvalue weighted by Crippen LogP contribution is 2.17. The molecule has 0 atom stereocenters. The summed E-state index contributed by atoms with van der Waals surface area (Å²) >= 11 is 4.41. The van der Waals surface area contributed by atoms with E-state index in [0.29, 0.717) is 5.69 Å². The first-order chi connectivity index (χ1) is 6.68. The molecule has 6 heteroatoms. The van der Waals surface area contributed by atoms with Crippen LogP contribution in [0.4, 0.5) is 5.69 Å². The molecular formula is C8H6I2N4. The minimum atomic E-state index is 0.703. The number of anilines is 1. The van der Waals surface area contributed by atoms with Gasteiger partial charge in [0.25, 0.3) is 0 Å². The third-order valence-electron chi connectivity index (χ3n) is 1.68. The summed E-state index contributed by atoms with van der Waals surface area (Å²) in [7, 11) is 0. The zero-order valence-corrected chi connectivity index (χ0v) is 11.3. The quantitative estimate of drug-likeness (QED) is 0.731. The van der Waals surface area contributed by atoms with E-state index < -0.39 is 0 Å². The normalized spacial score (nSPS) is 10.4. The van der Waals surface area contributed by atoms with E-state index >= 15 is 0 Å². The van der Waals surface area contributed by atoms with Crippen LogP contribution in [0.1, 0.15) is 0 Å². The molecule has 2 aromatic rings. The molecule has 14 heavy (non-hydrogen) atoms. The van der Waals surface area contributed by atoms with E-state index in [1.807, 2.05) is 10.6 Å². The van der Waals surface area contributed by atoms with Crippen LogP contribution in [0.5, 0.6) is 0 Å². The Hall–Kier alpha value is -0.380. The van der Waals surface area contributed by atoms with Gasteiger partial charge < -0.3 is 5.73 Å². The van der Waals surface area contributed by atoms with Crippen LogP contribution >= 0.6 is 45.2 Å². The Morgan fingerprint density at radius 3 is 2.64 bits per heavy atom. The lowest BCUT2D eigenvalue weighted by atomic mass is 10.4. The molecule has 0 amide bonds. The van der Waals surface area contributed by atoms with Crippen molar-refractivity contribution in [3.8, 4) is 5.82 Å². The molecule has 2 N–H and O–H groups in total. The van der Waals surface area contributed by atoms with Gasteiger partial charge in [-0.1, -0.05) is 0 Å². The molecule has 4 nitrogen and oxygen atoms in total. The van der Waals surface area contributed by atoms with Gasteiger partial charge in [0.1, 0.15) is 19.5 Å². The van der Waals surface area contributed by atoms with Gasteiger partial charge in [-0.2, -0.15) is 0 Å². The maximum Gasteiger partial charge on any atom is 0.140 e. The number of hydrogen-bond acceptors (Lipinski definition) is 3. The molecule has 0 aromatic carbocycles. The molecule has 0 saturated heterocycles. The van der Waals surface area contributed by atoms with Gasteiger partial charge in [0.15, 0.2) is 0 Å². The van der Waals surface area contributed by atoms with Crippen LogP contribution in [0.3, 0.4) is 0 Å². The number of nitrogens with zero attached hydrogens (tertiary/aromatic N) is 3. The van der Waals surface area contributed by atoms with Crippen molar-refractivity contribution in [2.45, 2.75) is 0 Å². The van der Waals surface area contributed by atoms with E-state index in [0.717, 1.165) is 13.2 Å². The summed E-state index contributed by atoms with van der Waals surface area (Å²) in [4.78, 5) is 8.40. The number of halogens is 2. The van der Waals surface area contributed by atoms with Gasteiger partial charge in [-0.15, -0.1) is 0 Å². The van der Waals surface area contributed by atoms with E-state index in [9.17, 15) is 0 Å². The Labute approximate surface area is 108 Å². The molecule has 0 aliphatic rings. The third-order valence-corrected chi connectivity index (χ3v) is 4.54. The second kappa shape index (κ2) is 4.01. The van der Waals surface area contributed by atoms with Crippen molar-refractivity contribution in [3.05, 3.63) is 32.1 Å². The average Bonchev–Trinajstić information content (AvgIpc) is 2.48. The number of nitrogen functional groups attached to an aromatic ring is 1. The molecule has 0 bridgehead atoms. The summed E-state index contributed by atoms with van der Waals surface area (Å²) in [6.45, 7) is 0. The van der Waals surface area contributed by atoms with Crippen molar-refractivity contribution in [1.82, 2.24) is 14.5 Å². The Balaban J connectivity index is 2.55. The van der Waals surface area contributed by atoms with Crippen molar-refractivity contribution in [3.63, 3.8) is 0 Å². The lowest BCUT2D eigenvalue weighted by Gasteiger charge is -2.03. The minimum absolute atomic E-state index is 0.703. The molecule has 0 radical (unpaired) electrons. The third kappa shape index (κ3) is 1.85. The Kier molecular flexibility index (Phi) is 2.91. The number of hydrogen-bond donors (Lipinski definition) is 1. The molecule has 2 rings (SSSR count). The Morgan fingerprint density at radius 2 is 2.07 bits per heavy atom. The Bertz CT molecular complexity index is 466. The molecule has 0 spiro atoms. The van der Waals surface area contributed by atoms with Gasteiger partial charge in [0.2, 0.25) is 0 Å². The standard InChI is InChI=1S/C8H6I2N4/c9-7-8(10)14(4-13-7)6-3-5(11)1-2-12-6/h1-4H,(H2,11,12). The molecule has 0 saturated carbocycles. The first-order valence-electron chi connectivity index (χ1n) is 3.79. The van der Waals surface area contributed by atoms with Crippen LogP contribution < -0.4 is 5.73 Å². The van der Waals surface area contributed by atoms with Gasteiger partial charge in [-0.05, 0) is 51.2 Å². The highest BCUT2D eigenvalue weighted by molar-refractivity contribution is 14.1. The van der Waals surface area contributed by atoms with Gasteiger partial charge in [0.05, 0.1) is 0 Å². The molecule has 0 aliphatic heterocycles. The van der Waals surface area contributed by atoms with Crippen molar-refractivity contribution < 1.29 is 0 Å². The van der Waals surface area contributed by atoms with Crippen LogP contribution in [-0.4, -0.2) is 14.5 Å². The van der Waals surface area contributed by atoms with Gasteiger partial charge in [0, 0.05) is 18.0 Å². The van der Waals surface area contributed by atoms with Crippen LogP contribution in [0.25, 0.3) is 5.82 Å². The second-order valence-electron chi connectivity index (χ2n) is 2.64. The van der Waals surface area contributed by atoms with E-state index in [1.54, 1.807) is 18.6 Å². The average molecular weight is 412 g/mol. The van der Waals surface area contributed by atoms with Crippen molar-refractivity contribution >= 4 is 50.9 Å². The fourth-order valence-corrected chi connectivity index (χ4v) is 1.93. The van der Waals surface area contributed by atoms with Crippen molar-refractivity contribution in [2.24, 2.45) is 0 Å². The SMILES string of the molecule is Nc1ccnc(-n2cnc(I)c2I)c1. The number of rotatable bonds is 1. The van der Waals surface area contributed by atoms with E-state index in [2.05, 4.69) is 55.1 Å². The van der Waals surface area contributed by atoms with E-state index in [-0.39, 0.29) is 0 Å². The maximum absolute atomic E-state index is 5.67. The highest BCUT2D eigenvalue weighted by Gasteiger charge is 2.07. The lowest BCUT2D eigenvalue weighted by Crippen LogP contribution is -1.99. The largest absolute Gasteiger partial charge is 0.399 e. The van der Waals surface area contributed by atoms with Crippen molar-refractivity contribution in [2.75, 3.05) is 5.73 Å². The van der Waals surface area contributed by atoms with Crippen LogP contribution in [0, 0.1) is 7.40 Å². The smallest absolute Gasteiger partial charge is 0.140 e. The van der Waals surface area contributed by atoms with Gasteiger partial charge in [-0.25, -0.2) is 9.97 Å². The summed E-state index contributed by atoms with van der Waals surface area (Å²) in [5, 5.41) is 0. The predicted octanol–water partition coefficient (Wildman–Crippen LogP) is 2.06. The van der Waals surface area contributed by atoms with E-state index in [4.69, 9.17) is 5.73 Å². The fraction of sp³-hybridized carbons (Fsp3) is 0. The maximum atomic E-state index is 5.67. The van der Waals surface area contributed by atoms with Crippen LogP contribution in [0.15, 0.2) is 24.7 Å². The number of nitrogens with two attached hydrogens (primary N) is 1. The number of imidazole rings is 1. The highest BCUT2D eigenvalue weighted by atomic mass is 127. The molecule has 2 aromatic heterocycles. The summed E-state index contributed by atoms with van der Waals surface area (Å²) in [6, 6.07) is 3.58. The van der Waals surface area contributed by atoms with E-state index in [1.165, 1.54) is 0 Å². The number of aromatic nitrogens is 3. The summed E-state index contributed by atoms with van der Waals surface area (Å²) in [6.07, 6.45) is 3.43. The summed E-state index contributed by atoms with van der Waals surface area (Å²) in [5.74, 6) is 0.796. The zero-order chi connectivity index (χ0) is 10.1. The predicted molar refractivity (Wildman–Crippen MR) is 71.2 cm³/mol. The first-order valence-corrected chi connectivity index (χ1v) is 5.94. The zero-order valence-electron chi connectivity index (χ0n) is 6.98. The topological polar surface area (TPSA) is 56.7 Å². The summed E-state index contributed by atoms with van der Waals surface area (Å²) in [5.41, 5.74) is 6.38. The van der Waals surface area contributed by atoms with Gasteiger partial charge >= 0.3 is 0 Å². The molecular weight excluding hydrogens is 406 g/mol. The molecule has 72 valence electrons. The summed E-state index contributed by atoms with van der Waals surface area (Å²) < 4.78 is 3.91.